The lowest BCUT2D eigenvalue weighted by molar-refractivity contribution is 0.0140. The molecule has 0 spiro atoms. The van der Waals surface area contributed by atoms with Crippen molar-refractivity contribution in [3.63, 3.8) is 0 Å². The Labute approximate surface area is 249 Å². The molecule has 2 aromatic carbocycles. The summed E-state index contributed by atoms with van der Waals surface area (Å²) >= 11 is 0. The number of fused-ring (bicyclic) bond motifs is 1. The molecule has 0 radical (unpaired) electrons. The van der Waals surface area contributed by atoms with Crippen molar-refractivity contribution in [2.24, 2.45) is 5.73 Å². The Morgan fingerprint density at radius 1 is 0.907 bits per heavy atom. The van der Waals surface area contributed by atoms with Crippen LogP contribution in [0.3, 0.4) is 0 Å². The first kappa shape index (κ1) is 29.6. The minimum atomic E-state index is -0.699. The second-order valence-corrected chi connectivity index (χ2v) is 11.6. The third-order valence-corrected chi connectivity index (χ3v) is 7.54. The van der Waals surface area contributed by atoms with Crippen LogP contribution >= 0.6 is 0 Å². The van der Waals surface area contributed by atoms with E-state index in [-0.39, 0.29) is 29.3 Å². The lowest BCUT2D eigenvalue weighted by Gasteiger charge is -2.36. The average molecular weight is 589 g/mol. The molecule has 43 heavy (non-hydrogen) atoms. The maximum Gasteiger partial charge on any atom is 0.410 e. The van der Waals surface area contributed by atoms with Crippen LogP contribution in [-0.2, 0) is 11.2 Å². The van der Waals surface area contributed by atoms with Crippen molar-refractivity contribution in [2.45, 2.75) is 39.7 Å². The van der Waals surface area contributed by atoms with Crippen LogP contribution < -0.4 is 15.4 Å². The van der Waals surface area contributed by atoms with E-state index < -0.39 is 11.5 Å². The van der Waals surface area contributed by atoms with Crippen LogP contribution in [0, 0.1) is 6.92 Å². The largest absolute Gasteiger partial charge is 0.497 e. The summed E-state index contributed by atoms with van der Waals surface area (Å²) in [5.41, 5.74) is 8.35. The fourth-order valence-electron chi connectivity index (χ4n) is 5.36. The SMILES string of the molecule is COc1ccc(-n2nc(C(N)=O)c3c2C(=O)N(c2ccc(C(=O)N4CCN(C(=O)OC(C)(C)C)CC4)c(C)c2)CC3)cc1. The quantitative estimate of drug-likeness (QED) is 0.483. The molecule has 2 aliphatic heterocycles. The second-order valence-electron chi connectivity index (χ2n) is 11.6. The van der Waals surface area contributed by atoms with E-state index in [0.29, 0.717) is 67.4 Å². The first-order valence-corrected chi connectivity index (χ1v) is 14.1. The molecule has 12 heteroatoms. The van der Waals surface area contributed by atoms with Crippen LogP contribution in [0.2, 0.25) is 0 Å². The summed E-state index contributed by atoms with van der Waals surface area (Å²) in [4.78, 5) is 56.8. The van der Waals surface area contributed by atoms with Gasteiger partial charge in [-0.05, 0) is 82.1 Å². The smallest absolute Gasteiger partial charge is 0.410 e. The number of hydrogen-bond acceptors (Lipinski definition) is 7. The Balaban J connectivity index is 1.35. The molecule has 0 aliphatic carbocycles. The molecule has 0 bridgehead atoms. The number of carbonyl (C=O) groups excluding carboxylic acids is 4. The van der Waals surface area contributed by atoms with E-state index in [1.807, 2.05) is 33.8 Å². The Morgan fingerprint density at radius 3 is 2.12 bits per heavy atom. The minimum Gasteiger partial charge on any atom is -0.497 e. The zero-order valence-corrected chi connectivity index (χ0v) is 25.0. The molecule has 4 amide bonds. The van der Waals surface area contributed by atoms with Crippen LogP contribution in [0.15, 0.2) is 42.5 Å². The molecule has 12 nitrogen and oxygen atoms in total. The summed E-state index contributed by atoms with van der Waals surface area (Å²) in [6.45, 7) is 9.17. The molecular weight excluding hydrogens is 552 g/mol. The number of primary amides is 1. The van der Waals surface area contributed by atoms with Gasteiger partial charge < -0.3 is 29.9 Å². The van der Waals surface area contributed by atoms with E-state index in [2.05, 4.69) is 5.10 Å². The van der Waals surface area contributed by atoms with E-state index in [1.54, 1.807) is 58.2 Å². The Kier molecular flexibility index (Phi) is 7.87. The monoisotopic (exact) mass is 588 g/mol. The van der Waals surface area contributed by atoms with Crippen molar-refractivity contribution in [1.82, 2.24) is 19.6 Å². The van der Waals surface area contributed by atoms with E-state index >= 15 is 0 Å². The van der Waals surface area contributed by atoms with Crippen molar-refractivity contribution < 1.29 is 28.7 Å². The van der Waals surface area contributed by atoms with E-state index in [4.69, 9.17) is 15.2 Å². The molecule has 0 saturated carbocycles. The Bertz CT molecular complexity index is 1580. The molecule has 226 valence electrons. The van der Waals surface area contributed by atoms with Crippen molar-refractivity contribution in [3.8, 4) is 11.4 Å². The van der Waals surface area contributed by atoms with Crippen LogP contribution in [0.4, 0.5) is 10.5 Å². The standard InChI is InChI=1S/C31H36N6O6/c1-19-18-21(8-11-23(19)28(39)34-14-16-35(17-15-34)30(41)43-31(2,3)4)36-13-12-24-25(27(32)38)33-37(26(24)29(36)40)20-6-9-22(42-5)10-7-20/h6-11,18H,12-17H2,1-5H3,(H2,32,38). The van der Waals surface area contributed by atoms with E-state index in [0.717, 1.165) is 5.56 Å². The van der Waals surface area contributed by atoms with Crippen LogP contribution in [-0.4, -0.2) is 88.8 Å². The molecule has 3 aromatic rings. The van der Waals surface area contributed by atoms with Gasteiger partial charge in [-0.1, -0.05) is 0 Å². The third kappa shape index (κ3) is 5.90. The normalized spacial score (nSPS) is 15.3. The zero-order chi connectivity index (χ0) is 31.1. The maximum absolute atomic E-state index is 13.9. The predicted molar refractivity (Wildman–Crippen MR) is 159 cm³/mol. The predicted octanol–water partition coefficient (Wildman–Crippen LogP) is 3.18. The molecule has 1 fully saturated rings. The molecule has 0 unspecified atom stereocenters. The summed E-state index contributed by atoms with van der Waals surface area (Å²) in [6.07, 6.45) is 0.00252. The molecule has 3 heterocycles. The number of piperazine rings is 1. The van der Waals surface area contributed by atoms with E-state index in [1.165, 1.54) is 4.68 Å². The fourth-order valence-corrected chi connectivity index (χ4v) is 5.36. The summed E-state index contributed by atoms with van der Waals surface area (Å²) in [5, 5.41) is 4.41. The Hall–Kier alpha value is -4.87. The molecule has 2 N–H and O–H groups in total. The van der Waals surface area contributed by atoms with Gasteiger partial charge in [0.1, 0.15) is 17.0 Å². The van der Waals surface area contributed by atoms with E-state index in [9.17, 15) is 19.2 Å². The highest BCUT2D eigenvalue weighted by atomic mass is 16.6. The third-order valence-electron chi connectivity index (χ3n) is 7.54. The van der Waals surface area contributed by atoms with Gasteiger partial charge in [0.15, 0.2) is 5.69 Å². The molecule has 5 rings (SSSR count). The highest BCUT2D eigenvalue weighted by Crippen LogP contribution is 2.30. The van der Waals surface area contributed by atoms with Crippen molar-refractivity contribution in [3.05, 3.63) is 70.5 Å². The Morgan fingerprint density at radius 2 is 1.53 bits per heavy atom. The molecule has 0 atom stereocenters. The molecule has 2 aliphatic rings. The summed E-state index contributed by atoms with van der Waals surface area (Å²) < 4.78 is 12.1. The van der Waals surface area contributed by atoms with Gasteiger partial charge in [0.05, 0.1) is 12.8 Å². The van der Waals surface area contributed by atoms with Crippen molar-refractivity contribution in [2.75, 3.05) is 44.7 Å². The number of benzene rings is 2. The van der Waals surface area contributed by atoms with Crippen LogP contribution in [0.1, 0.15) is 63.2 Å². The lowest BCUT2D eigenvalue weighted by atomic mass is 10.0. The van der Waals surface area contributed by atoms with Gasteiger partial charge in [0.25, 0.3) is 17.7 Å². The number of methoxy groups -OCH3 is 1. The number of rotatable bonds is 5. The van der Waals surface area contributed by atoms with Gasteiger partial charge >= 0.3 is 6.09 Å². The number of nitrogens with two attached hydrogens (primary N) is 1. The second kappa shape index (κ2) is 11.4. The molecule has 1 saturated heterocycles. The number of anilines is 1. The average Bonchev–Trinajstić information content (AvgIpc) is 3.37. The number of amides is 4. The zero-order valence-electron chi connectivity index (χ0n) is 25.0. The summed E-state index contributed by atoms with van der Waals surface area (Å²) in [5.74, 6) is -0.518. The van der Waals surface area contributed by atoms with Gasteiger partial charge in [-0.2, -0.15) is 5.10 Å². The van der Waals surface area contributed by atoms with Gasteiger partial charge in [0, 0.05) is 49.5 Å². The van der Waals surface area contributed by atoms with Crippen LogP contribution in [0.5, 0.6) is 5.75 Å². The fraction of sp³-hybridized carbons (Fsp3) is 0.387. The van der Waals surface area contributed by atoms with Crippen molar-refractivity contribution >= 4 is 29.5 Å². The number of aryl methyl sites for hydroxylation is 1. The van der Waals surface area contributed by atoms with Gasteiger partial charge in [-0.3, -0.25) is 14.4 Å². The van der Waals surface area contributed by atoms with Gasteiger partial charge in [0.2, 0.25) is 0 Å². The summed E-state index contributed by atoms with van der Waals surface area (Å²) in [6, 6.07) is 12.3. The maximum atomic E-state index is 13.9. The lowest BCUT2D eigenvalue weighted by Crippen LogP contribution is -2.51. The molecular formula is C31H36N6O6. The number of aromatic nitrogens is 2. The number of hydrogen-bond donors (Lipinski definition) is 1. The number of ether oxygens (including phenoxy) is 2. The minimum absolute atomic E-state index is 0.0720. The highest BCUT2D eigenvalue weighted by molar-refractivity contribution is 6.10. The van der Waals surface area contributed by atoms with Gasteiger partial charge in [-0.25, -0.2) is 9.48 Å². The first-order chi connectivity index (χ1) is 20.4. The van der Waals surface area contributed by atoms with Crippen molar-refractivity contribution in [1.29, 1.82) is 0 Å². The van der Waals surface area contributed by atoms with Gasteiger partial charge in [-0.15, -0.1) is 0 Å². The highest BCUT2D eigenvalue weighted by Gasteiger charge is 2.35. The molecule has 1 aromatic heterocycles. The summed E-state index contributed by atoms with van der Waals surface area (Å²) in [7, 11) is 1.56. The first-order valence-electron chi connectivity index (χ1n) is 14.1. The number of carbonyl (C=O) groups is 4. The number of nitrogens with zero attached hydrogens (tertiary/aromatic N) is 5. The topological polar surface area (TPSA) is 140 Å². The van der Waals surface area contributed by atoms with Crippen LogP contribution in [0.25, 0.3) is 5.69 Å².